The van der Waals surface area contributed by atoms with Gasteiger partial charge in [-0.1, -0.05) is 11.6 Å². The van der Waals surface area contributed by atoms with Crippen molar-refractivity contribution >= 4 is 35.2 Å². The van der Waals surface area contributed by atoms with Gasteiger partial charge in [0, 0.05) is 50.7 Å². The summed E-state index contributed by atoms with van der Waals surface area (Å²) in [6.07, 6.45) is 5.45. The Labute approximate surface area is 335 Å². The number of ether oxygens (including phenoxy) is 6. The minimum absolute atomic E-state index is 0.0135. The van der Waals surface area contributed by atoms with Gasteiger partial charge in [-0.05, 0) is 90.0 Å². The lowest BCUT2D eigenvalue weighted by Gasteiger charge is -2.32. The van der Waals surface area contributed by atoms with Crippen molar-refractivity contribution in [2.75, 3.05) is 77.4 Å². The van der Waals surface area contributed by atoms with Crippen molar-refractivity contribution < 1.29 is 42.8 Å². The summed E-state index contributed by atoms with van der Waals surface area (Å²) in [5.41, 5.74) is 0.208. The van der Waals surface area contributed by atoms with E-state index in [4.69, 9.17) is 45.3 Å². The van der Waals surface area contributed by atoms with E-state index >= 15 is 0 Å². The maximum absolute atomic E-state index is 12.9. The average molecular weight is 801 g/mol. The highest BCUT2D eigenvalue weighted by Crippen LogP contribution is 2.28. The van der Waals surface area contributed by atoms with Gasteiger partial charge in [-0.2, -0.15) is 5.26 Å². The zero-order valence-electron chi connectivity index (χ0n) is 32.9. The molecular formula is C40H57ClN6O9. The smallest absolute Gasteiger partial charge is 0.306 e. The van der Waals surface area contributed by atoms with Crippen molar-refractivity contribution in [1.29, 1.82) is 5.26 Å². The minimum Gasteiger partial charge on any atom is -0.490 e. The van der Waals surface area contributed by atoms with E-state index in [2.05, 4.69) is 25.7 Å². The van der Waals surface area contributed by atoms with E-state index in [1.54, 1.807) is 30.3 Å². The number of esters is 1. The summed E-state index contributed by atoms with van der Waals surface area (Å²) in [5, 5.41) is 24.0. The first-order valence-electron chi connectivity index (χ1n) is 19.6. The molecule has 0 bridgehead atoms. The van der Waals surface area contributed by atoms with Crippen LogP contribution in [0.4, 0.5) is 5.82 Å². The minimum atomic E-state index is -0.467. The van der Waals surface area contributed by atoms with Gasteiger partial charge in [0.1, 0.15) is 17.4 Å². The van der Waals surface area contributed by atoms with Crippen LogP contribution in [0.5, 0.6) is 5.75 Å². The van der Waals surface area contributed by atoms with Crippen molar-refractivity contribution in [3.8, 4) is 11.8 Å². The number of anilines is 1. The molecule has 4 rings (SSSR count). The Balaban J connectivity index is 0.968. The molecule has 308 valence electrons. The standard InChI is InChI=1S/C40H57ClN6O9/c1-40(2,3)56-37(48)5-4-19-51-21-23-53-25-26-54-24-22-52-20-16-43-38(49)29-14-17-47(18-15-29)36-13-12-35(45-46-36)39(50)44-31-7-10-32(11-8-31)55-33-9-6-30(28-42)34(41)27-33/h6,9,12-13,27,29,31-32H,4-5,7-8,10-11,14-26H2,1-3H3,(H,43,49)(H,44,50). The number of hydrogen-bond acceptors (Lipinski definition) is 13. The summed E-state index contributed by atoms with van der Waals surface area (Å²) in [7, 11) is 0. The molecule has 2 aliphatic rings. The molecule has 2 aromatic rings. The Kier molecular flexibility index (Phi) is 19.0. The van der Waals surface area contributed by atoms with Crippen LogP contribution in [0, 0.1) is 17.2 Å². The van der Waals surface area contributed by atoms with Crippen molar-refractivity contribution in [2.45, 2.75) is 89.9 Å². The molecule has 2 N–H and O–H groups in total. The third-order valence-electron chi connectivity index (χ3n) is 9.20. The number of carbonyl (C=O) groups is 3. The summed E-state index contributed by atoms with van der Waals surface area (Å²) in [6, 6.07) is 10.6. The summed E-state index contributed by atoms with van der Waals surface area (Å²) in [5.74, 6) is 0.776. The molecule has 2 heterocycles. The molecule has 1 aromatic heterocycles. The molecule has 1 aromatic carbocycles. The fourth-order valence-corrected chi connectivity index (χ4v) is 6.50. The highest BCUT2D eigenvalue weighted by atomic mass is 35.5. The Morgan fingerprint density at radius 3 is 2.09 bits per heavy atom. The van der Waals surface area contributed by atoms with Crippen molar-refractivity contribution in [3.05, 3.63) is 46.6 Å². The Morgan fingerprint density at radius 1 is 0.857 bits per heavy atom. The van der Waals surface area contributed by atoms with Gasteiger partial charge in [0.15, 0.2) is 11.5 Å². The molecule has 1 saturated heterocycles. The summed E-state index contributed by atoms with van der Waals surface area (Å²) in [6.45, 7) is 10.8. The Morgan fingerprint density at radius 2 is 1.50 bits per heavy atom. The third kappa shape index (κ3) is 16.6. The van der Waals surface area contributed by atoms with E-state index in [9.17, 15) is 14.4 Å². The number of piperidine rings is 1. The van der Waals surface area contributed by atoms with Crippen LogP contribution in [0.2, 0.25) is 5.02 Å². The van der Waals surface area contributed by atoms with Crippen molar-refractivity contribution in [3.63, 3.8) is 0 Å². The molecule has 1 aliphatic carbocycles. The Hall–Kier alpha value is -4.07. The SMILES string of the molecule is CC(C)(C)OC(=O)CCCOCCOCCOCCOCCNC(=O)C1CCN(c2ccc(C(=O)NC3CCC(Oc4ccc(C#N)c(Cl)c4)CC3)nn2)CC1. The van der Waals surface area contributed by atoms with Gasteiger partial charge in [-0.15, -0.1) is 10.2 Å². The molecule has 1 aliphatic heterocycles. The second-order valence-corrected chi connectivity index (χ2v) is 15.2. The first kappa shape index (κ1) is 44.6. The Bertz CT molecular complexity index is 1550. The van der Waals surface area contributed by atoms with Gasteiger partial charge in [0.05, 0.1) is 62.9 Å². The number of rotatable bonds is 22. The lowest BCUT2D eigenvalue weighted by Crippen LogP contribution is -2.42. The van der Waals surface area contributed by atoms with Gasteiger partial charge >= 0.3 is 5.97 Å². The zero-order valence-corrected chi connectivity index (χ0v) is 33.7. The second kappa shape index (κ2) is 23.9. The summed E-state index contributed by atoms with van der Waals surface area (Å²) in [4.78, 5) is 39.4. The highest BCUT2D eigenvalue weighted by Gasteiger charge is 2.27. The number of carbonyl (C=O) groups excluding carboxylic acids is 3. The molecule has 0 atom stereocenters. The third-order valence-corrected chi connectivity index (χ3v) is 9.51. The molecule has 2 fully saturated rings. The van der Waals surface area contributed by atoms with Crippen LogP contribution >= 0.6 is 11.6 Å². The number of nitrogens with one attached hydrogen (secondary N) is 2. The van der Waals surface area contributed by atoms with Crippen molar-refractivity contribution in [1.82, 2.24) is 20.8 Å². The fourth-order valence-electron chi connectivity index (χ4n) is 6.29. The van der Waals surface area contributed by atoms with Crippen LogP contribution in [0.15, 0.2) is 30.3 Å². The lowest BCUT2D eigenvalue weighted by atomic mass is 9.93. The number of nitrogens with zero attached hydrogens (tertiary/aromatic N) is 4. The van der Waals surface area contributed by atoms with Crippen LogP contribution in [0.25, 0.3) is 0 Å². The van der Waals surface area contributed by atoms with E-state index < -0.39 is 5.60 Å². The molecule has 15 nitrogen and oxygen atoms in total. The number of aromatic nitrogens is 2. The van der Waals surface area contributed by atoms with Crippen LogP contribution in [-0.2, 0) is 33.3 Å². The first-order chi connectivity index (χ1) is 27.0. The number of halogens is 1. The zero-order chi connectivity index (χ0) is 40.2. The maximum atomic E-state index is 12.9. The normalized spacial score (nSPS) is 17.5. The quantitative estimate of drug-likeness (QED) is 0.124. The van der Waals surface area contributed by atoms with Gasteiger partial charge in [0.25, 0.3) is 5.91 Å². The maximum Gasteiger partial charge on any atom is 0.306 e. The van der Waals surface area contributed by atoms with E-state index in [-0.39, 0.29) is 41.5 Å². The van der Waals surface area contributed by atoms with E-state index in [1.807, 2.05) is 26.8 Å². The van der Waals surface area contributed by atoms with E-state index in [0.29, 0.717) is 120 Å². The fraction of sp³-hybridized carbons (Fsp3) is 0.650. The second-order valence-electron chi connectivity index (χ2n) is 14.8. The molecule has 1 saturated carbocycles. The topological polar surface area (TPSA) is 183 Å². The molecular weight excluding hydrogens is 744 g/mol. The summed E-state index contributed by atoms with van der Waals surface area (Å²) >= 11 is 6.13. The van der Waals surface area contributed by atoms with Crippen LogP contribution < -0.4 is 20.3 Å². The van der Waals surface area contributed by atoms with Crippen LogP contribution in [-0.4, -0.2) is 118 Å². The molecule has 0 radical (unpaired) electrons. The largest absolute Gasteiger partial charge is 0.490 e. The predicted octanol–water partition coefficient (Wildman–Crippen LogP) is 4.64. The van der Waals surface area contributed by atoms with Crippen LogP contribution in [0.3, 0.4) is 0 Å². The monoisotopic (exact) mass is 800 g/mol. The number of benzene rings is 1. The number of hydrogen-bond donors (Lipinski definition) is 2. The predicted molar refractivity (Wildman–Crippen MR) is 209 cm³/mol. The lowest BCUT2D eigenvalue weighted by molar-refractivity contribution is -0.155. The van der Waals surface area contributed by atoms with Gasteiger partial charge in [-0.25, -0.2) is 0 Å². The molecule has 0 unspecified atom stereocenters. The first-order valence-corrected chi connectivity index (χ1v) is 19.9. The van der Waals surface area contributed by atoms with Gasteiger partial charge in [-0.3, -0.25) is 14.4 Å². The summed E-state index contributed by atoms with van der Waals surface area (Å²) < 4.78 is 33.3. The van der Waals surface area contributed by atoms with E-state index in [0.717, 1.165) is 25.7 Å². The van der Waals surface area contributed by atoms with Crippen molar-refractivity contribution in [2.24, 2.45) is 5.92 Å². The number of amides is 2. The highest BCUT2D eigenvalue weighted by molar-refractivity contribution is 6.31. The molecule has 0 spiro atoms. The van der Waals surface area contributed by atoms with Gasteiger partial charge < -0.3 is 44.0 Å². The number of nitriles is 1. The molecule has 16 heteroatoms. The van der Waals surface area contributed by atoms with Crippen LogP contribution in [0.1, 0.15) is 88.2 Å². The van der Waals surface area contributed by atoms with E-state index in [1.165, 1.54) is 0 Å². The molecule has 2 amide bonds. The molecule has 56 heavy (non-hydrogen) atoms. The van der Waals surface area contributed by atoms with Gasteiger partial charge in [0.2, 0.25) is 5.91 Å². The average Bonchev–Trinajstić information content (AvgIpc) is 3.18.